The van der Waals surface area contributed by atoms with E-state index in [1.807, 2.05) is 6.92 Å². The molecule has 0 spiro atoms. The van der Waals surface area contributed by atoms with Crippen molar-refractivity contribution in [2.24, 2.45) is 5.92 Å². The molecule has 2 aromatic rings. The van der Waals surface area contributed by atoms with E-state index in [4.69, 9.17) is 4.74 Å². The number of carbonyl (C=O) groups excluding carboxylic acids is 1. The van der Waals surface area contributed by atoms with Gasteiger partial charge in [-0.05, 0) is 24.5 Å². The van der Waals surface area contributed by atoms with E-state index in [1.165, 1.54) is 32.6 Å². The van der Waals surface area contributed by atoms with Crippen molar-refractivity contribution in [3.63, 3.8) is 0 Å². The average Bonchev–Trinajstić information content (AvgIpc) is 2.77. The first-order chi connectivity index (χ1) is 14.3. The average molecular weight is 434 g/mol. The van der Waals surface area contributed by atoms with Crippen molar-refractivity contribution in [1.82, 2.24) is 9.88 Å². The Balaban J connectivity index is 2.46. The van der Waals surface area contributed by atoms with Gasteiger partial charge < -0.3 is 9.64 Å². The highest BCUT2D eigenvalue weighted by molar-refractivity contribution is 7.92. The van der Waals surface area contributed by atoms with Gasteiger partial charge in [0.2, 0.25) is 0 Å². The summed E-state index contributed by atoms with van der Waals surface area (Å²) in [7, 11) is -1.06. The zero-order valence-corrected chi connectivity index (χ0v) is 19.1. The molecule has 0 saturated carbocycles. The summed E-state index contributed by atoms with van der Waals surface area (Å²) in [5, 5.41) is 0. The number of amides is 1. The third kappa shape index (κ3) is 5.30. The van der Waals surface area contributed by atoms with Crippen LogP contribution < -0.4 is 9.04 Å². The lowest BCUT2D eigenvalue weighted by molar-refractivity contribution is 0.0727. The Morgan fingerprint density at radius 2 is 1.90 bits per heavy atom. The molecular formula is C22H31N3O4S. The summed E-state index contributed by atoms with van der Waals surface area (Å²) in [4.78, 5) is 19.1. The Bertz CT molecular complexity index is 962. The number of sulfonamides is 1. The van der Waals surface area contributed by atoms with Gasteiger partial charge in [-0.25, -0.2) is 8.42 Å². The molecule has 0 bridgehead atoms. The first-order valence-corrected chi connectivity index (χ1v) is 11.6. The first kappa shape index (κ1) is 23.7. The molecule has 8 heteroatoms. The molecule has 0 saturated heterocycles. The van der Waals surface area contributed by atoms with Crippen LogP contribution in [-0.4, -0.2) is 51.5 Å². The van der Waals surface area contributed by atoms with Crippen LogP contribution in [0.1, 0.15) is 44.0 Å². The van der Waals surface area contributed by atoms with Crippen molar-refractivity contribution >= 4 is 21.6 Å². The summed E-state index contributed by atoms with van der Waals surface area (Å²) in [6, 6.07) is 7.94. The molecule has 30 heavy (non-hydrogen) atoms. The van der Waals surface area contributed by atoms with E-state index in [-0.39, 0.29) is 16.4 Å². The van der Waals surface area contributed by atoms with Crippen LogP contribution >= 0.6 is 0 Å². The van der Waals surface area contributed by atoms with Gasteiger partial charge in [-0.2, -0.15) is 0 Å². The lowest BCUT2D eigenvalue weighted by Crippen LogP contribution is -2.37. The molecule has 0 aliphatic heterocycles. The van der Waals surface area contributed by atoms with Crippen LogP contribution in [-0.2, 0) is 10.0 Å². The third-order valence-electron chi connectivity index (χ3n) is 5.06. The summed E-state index contributed by atoms with van der Waals surface area (Å²) >= 11 is 0. The van der Waals surface area contributed by atoms with Crippen LogP contribution in [0.4, 0.5) is 5.69 Å². The number of hydrogen-bond donors (Lipinski definition) is 0. The normalized spacial score (nSPS) is 12.3. The van der Waals surface area contributed by atoms with Crippen LogP contribution in [0, 0.1) is 5.92 Å². The fourth-order valence-corrected chi connectivity index (χ4v) is 4.42. The molecule has 1 amide bonds. The Kier molecular flexibility index (Phi) is 8.23. The summed E-state index contributed by atoms with van der Waals surface area (Å²) in [6.45, 7) is 7.33. The topological polar surface area (TPSA) is 79.8 Å². The predicted octanol–water partition coefficient (Wildman–Crippen LogP) is 3.81. The van der Waals surface area contributed by atoms with Crippen LogP contribution in [0.2, 0.25) is 0 Å². The van der Waals surface area contributed by atoms with Gasteiger partial charge in [-0.1, -0.05) is 39.3 Å². The monoisotopic (exact) mass is 433 g/mol. The minimum Gasteiger partial charge on any atom is -0.495 e. The van der Waals surface area contributed by atoms with Crippen molar-refractivity contribution in [1.29, 1.82) is 0 Å². The minimum absolute atomic E-state index is 0.0226. The van der Waals surface area contributed by atoms with Crippen molar-refractivity contribution in [3.05, 3.63) is 48.3 Å². The van der Waals surface area contributed by atoms with E-state index in [1.54, 1.807) is 29.2 Å². The molecule has 1 heterocycles. The van der Waals surface area contributed by atoms with Crippen LogP contribution in [0.5, 0.6) is 5.75 Å². The Hall–Kier alpha value is -2.61. The Labute approximate surface area is 179 Å². The lowest BCUT2D eigenvalue weighted by Gasteiger charge is -2.27. The second-order valence-electron chi connectivity index (χ2n) is 7.32. The van der Waals surface area contributed by atoms with Crippen LogP contribution in [0.15, 0.2) is 47.6 Å². The van der Waals surface area contributed by atoms with Crippen molar-refractivity contribution in [3.8, 4) is 5.75 Å². The van der Waals surface area contributed by atoms with Crippen molar-refractivity contribution in [2.75, 3.05) is 31.6 Å². The smallest absolute Gasteiger partial charge is 0.264 e. The molecule has 0 fully saturated rings. The number of pyridine rings is 1. The maximum Gasteiger partial charge on any atom is 0.264 e. The third-order valence-corrected chi connectivity index (χ3v) is 6.91. The summed E-state index contributed by atoms with van der Waals surface area (Å²) in [5.74, 6) is 0.505. The van der Waals surface area contributed by atoms with E-state index in [9.17, 15) is 13.2 Å². The highest BCUT2D eigenvalue weighted by Gasteiger charge is 2.29. The minimum atomic E-state index is -3.98. The number of rotatable bonds is 10. The number of ether oxygens (including phenoxy) is 1. The molecular weight excluding hydrogens is 402 g/mol. The first-order valence-electron chi connectivity index (χ1n) is 10.1. The lowest BCUT2D eigenvalue weighted by atomic mass is 10.1. The highest BCUT2D eigenvalue weighted by atomic mass is 32.2. The van der Waals surface area contributed by atoms with E-state index in [0.29, 0.717) is 30.4 Å². The van der Waals surface area contributed by atoms with E-state index in [0.717, 1.165) is 17.1 Å². The molecule has 0 aliphatic rings. The Morgan fingerprint density at radius 1 is 1.20 bits per heavy atom. The van der Waals surface area contributed by atoms with Crippen LogP contribution in [0.3, 0.4) is 0 Å². The van der Waals surface area contributed by atoms with Gasteiger partial charge in [0, 0.05) is 26.2 Å². The largest absolute Gasteiger partial charge is 0.495 e. The zero-order chi connectivity index (χ0) is 22.3. The molecule has 0 radical (unpaired) electrons. The molecule has 1 aromatic heterocycles. The summed E-state index contributed by atoms with van der Waals surface area (Å²) in [6.07, 6.45) is 4.68. The number of carbonyl (C=O) groups is 1. The molecule has 0 aliphatic carbocycles. The number of hydrogen-bond acceptors (Lipinski definition) is 5. The zero-order valence-electron chi connectivity index (χ0n) is 18.3. The van der Waals surface area contributed by atoms with Gasteiger partial charge >= 0.3 is 0 Å². The maximum absolute atomic E-state index is 13.4. The van der Waals surface area contributed by atoms with E-state index < -0.39 is 10.0 Å². The van der Waals surface area contributed by atoms with Gasteiger partial charge in [0.1, 0.15) is 10.6 Å². The fraction of sp³-hybridized carbons (Fsp3) is 0.455. The number of aromatic nitrogens is 1. The summed E-state index contributed by atoms with van der Waals surface area (Å²) < 4.78 is 33.1. The number of nitrogens with zero attached hydrogens (tertiary/aromatic N) is 3. The van der Waals surface area contributed by atoms with Gasteiger partial charge in [-0.3, -0.25) is 14.1 Å². The van der Waals surface area contributed by atoms with Crippen molar-refractivity contribution < 1.29 is 17.9 Å². The molecule has 164 valence electrons. The summed E-state index contributed by atoms with van der Waals surface area (Å²) in [5.41, 5.74) is 0.526. The van der Waals surface area contributed by atoms with Crippen molar-refractivity contribution in [2.45, 2.75) is 38.5 Å². The second kappa shape index (κ2) is 10.4. The molecule has 0 N–H and O–H groups in total. The quantitative estimate of drug-likeness (QED) is 0.569. The van der Waals surface area contributed by atoms with E-state index in [2.05, 4.69) is 18.8 Å². The van der Waals surface area contributed by atoms with Gasteiger partial charge in [0.25, 0.3) is 15.9 Å². The van der Waals surface area contributed by atoms with E-state index >= 15 is 0 Å². The van der Waals surface area contributed by atoms with Gasteiger partial charge in [0.05, 0.1) is 30.8 Å². The fourth-order valence-electron chi connectivity index (χ4n) is 3.07. The number of benzene rings is 1. The highest BCUT2D eigenvalue weighted by Crippen LogP contribution is 2.27. The second-order valence-corrected chi connectivity index (χ2v) is 9.25. The maximum atomic E-state index is 13.4. The van der Waals surface area contributed by atoms with Gasteiger partial charge in [0.15, 0.2) is 0 Å². The molecule has 7 nitrogen and oxygen atoms in total. The SMILES string of the molecule is CCCN(CC(C)CC)C(=O)c1ccccc1S(=O)(=O)N(C)c1cncc(OC)c1. The molecule has 1 atom stereocenters. The Morgan fingerprint density at radius 3 is 2.53 bits per heavy atom. The predicted molar refractivity (Wildman–Crippen MR) is 118 cm³/mol. The molecule has 2 rings (SSSR count). The number of anilines is 1. The molecule has 1 unspecified atom stereocenters. The molecule has 1 aromatic carbocycles. The standard InChI is InChI=1S/C22H31N3O4S/c1-6-12-25(16-17(3)7-2)22(26)20-10-8-9-11-21(20)30(27,28)24(4)18-13-19(29-5)15-23-14-18/h8-11,13-15,17H,6-7,12,16H2,1-5H3. The van der Waals surface area contributed by atoms with Gasteiger partial charge in [-0.15, -0.1) is 0 Å². The number of methoxy groups -OCH3 is 1. The van der Waals surface area contributed by atoms with Crippen LogP contribution in [0.25, 0.3) is 0 Å².